The largest absolute Gasteiger partial charge is 0.314 e. The number of thioether (sulfide) groups is 1. The van der Waals surface area contributed by atoms with Crippen molar-refractivity contribution >= 4 is 11.8 Å². The molecule has 1 heterocycles. The van der Waals surface area contributed by atoms with Gasteiger partial charge in [-0.05, 0) is 51.3 Å². The zero-order valence-electron chi connectivity index (χ0n) is 10.6. The van der Waals surface area contributed by atoms with E-state index < -0.39 is 0 Å². The van der Waals surface area contributed by atoms with Crippen molar-refractivity contribution in [1.82, 2.24) is 10.2 Å². The quantitative estimate of drug-likeness (QED) is 0.728. The van der Waals surface area contributed by atoms with Gasteiger partial charge in [0.05, 0.1) is 0 Å². The molecule has 0 bridgehead atoms. The average Bonchev–Trinajstić information content (AvgIpc) is 2.20. The highest BCUT2D eigenvalue weighted by molar-refractivity contribution is 7.98. The molecular weight excluding hydrogens is 204 g/mol. The Kier molecular flexibility index (Phi) is 6.02. The van der Waals surface area contributed by atoms with E-state index in [0.29, 0.717) is 0 Å². The molecule has 2 nitrogen and oxygen atoms in total. The Bertz CT molecular complexity index is 175. The number of hydrogen-bond donors (Lipinski definition) is 1. The molecule has 3 heteroatoms. The van der Waals surface area contributed by atoms with E-state index >= 15 is 0 Å². The molecule has 0 aromatic carbocycles. The molecule has 0 aromatic heterocycles. The van der Waals surface area contributed by atoms with E-state index in [9.17, 15) is 0 Å². The number of piperidine rings is 1. The lowest BCUT2D eigenvalue weighted by Gasteiger charge is -2.40. The number of hydrogen-bond acceptors (Lipinski definition) is 3. The van der Waals surface area contributed by atoms with Gasteiger partial charge in [0.25, 0.3) is 0 Å². The smallest absolute Gasteiger partial charge is 0.0120 e. The summed E-state index contributed by atoms with van der Waals surface area (Å²) in [5.41, 5.74) is 0. The number of nitrogens with zero attached hydrogens (tertiary/aromatic N) is 1. The molecule has 1 fully saturated rings. The molecule has 0 saturated carbocycles. The fourth-order valence-electron chi connectivity index (χ4n) is 2.33. The van der Waals surface area contributed by atoms with E-state index in [1.54, 1.807) is 0 Å². The van der Waals surface area contributed by atoms with E-state index in [1.807, 2.05) is 11.8 Å². The van der Waals surface area contributed by atoms with Crippen LogP contribution in [0, 0.1) is 5.92 Å². The molecule has 1 N–H and O–H groups in total. The third-order valence-electron chi connectivity index (χ3n) is 3.54. The lowest BCUT2D eigenvalue weighted by molar-refractivity contribution is 0.122. The van der Waals surface area contributed by atoms with Gasteiger partial charge in [-0.1, -0.05) is 6.92 Å². The Morgan fingerprint density at radius 3 is 2.80 bits per heavy atom. The summed E-state index contributed by atoms with van der Waals surface area (Å²) in [5.74, 6) is 2.07. The van der Waals surface area contributed by atoms with E-state index in [1.165, 1.54) is 31.7 Å². The molecule has 0 radical (unpaired) electrons. The third-order valence-corrected chi connectivity index (χ3v) is 4.24. The molecule has 1 saturated heterocycles. The molecule has 0 aliphatic carbocycles. The van der Waals surface area contributed by atoms with E-state index in [4.69, 9.17) is 0 Å². The maximum absolute atomic E-state index is 3.72. The van der Waals surface area contributed by atoms with Crippen molar-refractivity contribution in [3.8, 4) is 0 Å². The summed E-state index contributed by atoms with van der Waals surface area (Å²) in [4.78, 5) is 2.48. The topological polar surface area (TPSA) is 15.3 Å². The Labute approximate surface area is 99.2 Å². The Morgan fingerprint density at radius 1 is 1.40 bits per heavy atom. The first-order chi connectivity index (χ1) is 7.15. The average molecular weight is 230 g/mol. The van der Waals surface area contributed by atoms with Crippen molar-refractivity contribution in [3.63, 3.8) is 0 Å². The lowest BCUT2D eigenvalue weighted by atomic mass is 9.90. The van der Waals surface area contributed by atoms with Gasteiger partial charge in [-0.2, -0.15) is 11.8 Å². The summed E-state index contributed by atoms with van der Waals surface area (Å²) in [5, 5.41) is 3.72. The first-order valence-corrected chi connectivity index (χ1v) is 7.47. The fraction of sp³-hybridized carbons (Fsp3) is 1.00. The van der Waals surface area contributed by atoms with Crippen LogP contribution in [0.3, 0.4) is 0 Å². The molecule has 1 rings (SSSR count). The predicted molar refractivity (Wildman–Crippen MR) is 70.7 cm³/mol. The van der Waals surface area contributed by atoms with Gasteiger partial charge in [0, 0.05) is 18.6 Å². The van der Waals surface area contributed by atoms with Crippen LogP contribution in [0.25, 0.3) is 0 Å². The van der Waals surface area contributed by atoms with E-state index in [2.05, 4.69) is 37.4 Å². The molecule has 0 spiro atoms. The number of rotatable bonds is 5. The molecule has 0 aromatic rings. The number of nitrogens with one attached hydrogen (secondary N) is 1. The molecule has 15 heavy (non-hydrogen) atoms. The first-order valence-electron chi connectivity index (χ1n) is 6.07. The second kappa shape index (κ2) is 6.77. The van der Waals surface area contributed by atoms with E-state index in [0.717, 1.165) is 18.0 Å². The summed E-state index contributed by atoms with van der Waals surface area (Å²) >= 11 is 1.94. The molecule has 1 aliphatic heterocycles. The van der Waals surface area contributed by atoms with Crippen LogP contribution in [0.1, 0.15) is 26.7 Å². The Balaban J connectivity index is 2.22. The minimum Gasteiger partial charge on any atom is -0.314 e. The van der Waals surface area contributed by atoms with Gasteiger partial charge in [-0.25, -0.2) is 0 Å². The Morgan fingerprint density at radius 2 is 2.13 bits per heavy atom. The molecule has 1 aliphatic rings. The summed E-state index contributed by atoms with van der Waals surface area (Å²) in [6, 6.07) is 1.47. The normalized spacial score (nSPS) is 33.2. The van der Waals surface area contributed by atoms with Crippen LogP contribution in [0.2, 0.25) is 0 Å². The van der Waals surface area contributed by atoms with Gasteiger partial charge in [0.2, 0.25) is 0 Å². The first kappa shape index (κ1) is 13.3. The summed E-state index contributed by atoms with van der Waals surface area (Å²) in [7, 11) is 2.24. The molecule has 90 valence electrons. The van der Waals surface area contributed by atoms with Gasteiger partial charge >= 0.3 is 0 Å². The molecule has 3 atom stereocenters. The fourth-order valence-corrected chi connectivity index (χ4v) is 2.76. The second-order valence-electron chi connectivity index (χ2n) is 4.91. The van der Waals surface area contributed by atoms with Crippen molar-refractivity contribution in [2.75, 3.05) is 32.1 Å². The van der Waals surface area contributed by atoms with Crippen molar-refractivity contribution in [2.45, 2.75) is 38.8 Å². The minimum absolute atomic E-state index is 0.734. The second-order valence-corrected chi connectivity index (χ2v) is 5.89. The standard InChI is InChI=1S/C12H26N2S/c1-10-9-14(3)11(2)8-12(10)13-6-5-7-15-4/h10-13H,5-9H2,1-4H3. The number of likely N-dealkylation sites (tertiary alicyclic amines) is 1. The zero-order valence-corrected chi connectivity index (χ0v) is 11.4. The maximum Gasteiger partial charge on any atom is 0.0120 e. The third kappa shape index (κ3) is 4.33. The SMILES string of the molecule is CSCCCNC1CC(C)N(C)CC1C. The van der Waals surface area contributed by atoms with Gasteiger partial charge in [0.1, 0.15) is 0 Å². The monoisotopic (exact) mass is 230 g/mol. The molecular formula is C12H26N2S. The highest BCUT2D eigenvalue weighted by atomic mass is 32.2. The van der Waals surface area contributed by atoms with Gasteiger partial charge in [-0.15, -0.1) is 0 Å². The van der Waals surface area contributed by atoms with Crippen molar-refractivity contribution in [2.24, 2.45) is 5.92 Å². The van der Waals surface area contributed by atoms with Gasteiger partial charge in [-0.3, -0.25) is 0 Å². The highest BCUT2D eigenvalue weighted by Gasteiger charge is 2.27. The van der Waals surface area contributed by atoms with Crippen LogP contribution in [0.4, 0.5) is 0 Å². The van der Waals surface area contributed by atoms with Crippen molar-refractivity contribution in [3.05, 3.63) is 0 Å². The summed E-state index contributed by atoms with van der Waals surface area (Å²) in [6.45, 7) is 7.13. The van der Waals surface area contributed by atoms with Crippen LogP contribution >= 0.6 is 11.8 Å². The van der Waals surface area contributed by atoms with Crippen LogP contribution in [-0.2, 0) is 0 Å². The molecule has 3 unspecified atom stereocenters. The van der Waals surface area contributed by atoms with Crippen LogP contribution in [0.5, 0.6) is 0 Å². The van der Waals surface area contributed by atoms with Crippen LogP contribution in [-0.4, -0.2) is 49.1 Å². The van der Waals surface area contributed by atoms with Crippen LogP contribution in [0.15, 0.2) is 0 Å². The maximum atomic E-state index is 3.72. The Hall–Kier alpha value is 0.270. The minimum atomic E-state index is 0.734. The highest BCUT2D eigenvalue weighted by Crippen LogP contribution is 2.20. The van der Waals surface area contributed by atoms with Crippen LogP contribution < -0.4 is 5.32 Å². The predicted octanol–water partition coefficient (Wildman–Crippen LogP) is 2.06. The van der Waals surface area contributed by atoms with E-state index in [-0.39, 0.29) is 0 Å². The zero-order chi connectivity index (χ0) is 11.3. The van der Waals surface area contributed by atoms with Crippen molar-refractivity contribution in [1.29, 1.82) is 0 Å². The van der Waals surface area contributed by atoms with Gasteiger partial charge < -0.3 is 10.2 Å². The summed E-state index contributed by atoms with van der Waals surface area (Å²) in [6.07, 6.45) is 4.78. The summed E-state index contributed by atoms with van der Waals surface area (Å²) < 4.78 is 0. The van der Waals surface area contributed by atoms with Crippen molar-refractivity contribution < 1.29 is 0 Å². The lowest BCUT2D eigenvalue weighted by Crippen LogP contribution is -2.51. The molecule has 0 amide bonds. The van der Waals surface area contributed by atoms with Gasteiger partial charge in [0.15, 0.2) is 0 Å².